The number of anilines is 1. The molecule has 0 bridgehead atoms. The molecule has 0 spiro atoms. The van der Waals surface area contributed by atoms with E-state index >= 15 is 8.78 Å². The summed E-state index contributed by atoms with van der Waals surface area (Å²) in [4.78, 5) is 51.6. The molecule has 2 aliphatic heterocycles. The molecule has 8 nitrogen and oxygen atoms in total. The fraction of sp³-hybridized carbons (Fsp3) is 0.294. The number of carbonyl (C=O) groups excluding carboxylic acids is 4. The van der Waals surface area contributed by atoms with Crippen molar-refractivity contribution < 1.29 is 51.0 Å². The average Bonchev–Trinajstić information content (AvgIpc) is 3.41. The number of hydrogen-bond donors (Lipinski definition) is 1. The smallest absolute Gasteiger partial charge is 0.258 e. The first-order chi connectivity index (χ1) is 23.2. The van der Waals surface area contributed by atoms with Crippen molar-refractivity contribution in [2.75, 3.05) is 12.0 Å². The fourth-order valence-corrected chi connectivity index (χ4v) is 8.72. The van der Waals surface area contributed by atoms with Crippen molar-refractivity contribution >= 4 is 52.5 Å². The number of likely N-dealkylation sites (tertiary alicyclic amines) is 1. The second kappa shape index (κ2) is 11.3. The molecule has 4 aliphatic rings. The number of methoxy groups -OCH3 is 1. The molecule has 1 saturated carbocycles. The number of fused-ring (bicyclic) bond motifs is 4. The molecule has 2 heterocycles. The monoisotopic (exact) mass is 720 g/mol. The maximum absolute atomic E-state index is 15.2. The molecular weight excluding hydrogens is 698 g/mol. The molecule has 254 valence electrons. The number of hydrogen-bond acceptors (Lipinski definition) is 6. The number of phenolic OH excluding ortho intramolecular Hbond substituents is 1. The number of imide groups is 2. The van der Waals surface area contributed by atoms with E-state index in [9.17, 15) is 37.5 Å². The highest BCUT2D eigenvalue weighted by atomic mass is 35.5. The first kappa shape index (κ1) is 33.0. The Bertz CT molecular complexity index is 2000. The van der Waals surface area contributed by atoms with Gasteiger partial charge in [-0.15, -0.1) is 23.2 Å². The standard InChI is InChI=1S/C34H23Cl2F5N2O6/c1-49-15-7-8-17(20(44)11-15)22-16-9-10-18-21(30(46)42(29(18)45)13-14-5-3-2-4-6-14)19(16)12-33(35)31(47)43(32(48)34(22,33)36)28-26(40)24(38)23(37)25(39)27(28)41/h2-9,11,18-19,21-22,44H,10,12-13H2,1H3. The highest BCUT2D eigenvalue weighted by Crippen LogP contribution is 2.66. The summed E-state index contributed by atoms with van der Waals surface area (Å²) >= 11 is 14.2. The fourth-order valence-electron chi connectivity index (χ4n) is 7.79. The van der Waals surface area contributed by atoms with E-state index in [1.165, 1.54) is 19.2 Å². The molecule has 0 radical (unpaired) electrons. The summed E-state index contributed by atoms with van der Waals surface area (Å²) in [6.45, 7) is -0.0623. The zero-order valence-corrected chi connectivity index (χ0v) is 26.7. The van der Waals surface area contributed by atoms with Gasteiger partial charge in [-0.2, -0.15) is 0 Å². The number of carbonyl (C=O) groups is 4. The summed E-state index contributed by atoms with van der Waals surface area (Å²) in [6, 6.07) is 12.5. The van der Waals surface area contributed by atoms with Gasteiger partial charge in [-0.05, 0) is 30.4 Å². The van der Waals surface area contributed by atoms with Crippen LogP contribution in [-0.4, -0.2) is 50.5 Å². The summed E-state index contributed by atoms with van der Waals surface area (Å²) in [5, 5.41) is 11.2. The molecule has 6 unspecified atom stereocenters. The van der Waals surface area contributed by atoms with Crippen molar-refractivity contribution in [1.29, 1.82) is 0 Å². The minimum Gasteiger partial charge on any atom is -0.508 e. The Balaban J connectivity index is 1.41. The van der Waals surface area contributed by atoms with Crippen molar-refractivity contribution in [3.8, 4) is 11.5 Å². The molecule has 1 N–H and O–H groups in total. The molecule has 4 amide bonds. The number of nitrogens with zero attached hydrogens (tertiary/aromatic N) is 2. The van der Waals surface area contributed by atoms with Gasteiger partial charge in [-0.25, -0.2) is 26.9 Å². The van der Waals surface area contributed by atoms with Gasteiger partial charge in [0.1, 0.15) is 17.2 Å². The van der Waals surface area contributed by atoms with Gasteiger partial charge in [-0.1, -0.05) is 48.0 Å². The Kier molecular flexibility index (Phi) is 7.60. The Hall–Kier alpha value is -4.49. The molecule has 6 atom stereocenters. The van der Waals surface area contributed by atoms with Crippen LogP contribution in [0.5, 0.6) is 11.5 Å². The second-order valence-corrected chi connectivity index (χ2v) is 13.6. The van der Waals surface area contributed by atoms with Crippen LogP contribution in [0.25, 0.3) is 0 Å². The predicted molar refractivity (Wildman–Crippen MR) is 163 cm³/mol. The van der Waals surface area contributed by atoms with Gasteiger partial charge in [0.2, 0.25) is 17.6 Å². The van der Waals surface area contributed by atoms with E-state index in [1.54, 1.807) is 36.4 Å². The maximum Gasteiger partial charge on any atom is 0.258 e. The normalized spacial score (nSPS) is 29.2. The van der Waals surface area contributed by atoms with Crippen molar-refractivity contribution in [3.05, 3.63) is 100 Å². The number of aromatic hydroxyl groups is 1. The van der Waals surface area contributed by atoms with Crippen LogP contribution < -0.4 is 9.64 Å². The Morgan fingerprint density at radius 3 is 2.10 bits per heavy atom. The zero-order chi connectivity index (χ0) is 35.3. The lowest BCUT2D eigenvalue weighted by Gasteiger charge is -2.50. The average molecular weight is 721 g/mol. The number of rotatable bonds is 5. The summed E-state index contributed by atoms with van der Waals surface area (Å²) in [5.41, 5.74) is -1.12. The van der Waals surface area contributed by atoms with Crippen LogP contribution in [0.3, 0.4) is 0 Å². The third-order valence-electron chi connectivity index (χ3n) is 10.0. The molecule has 2 saturated heterocycles. The van der Waals surface area contributed by atoms with Gasteiger partial charge in [0.15, 0.2) is 33.0 Å². The lowest BCUT2D eigenvalue weighted by Crippen LogP contribution is -2.60. The SMILES string of the molecule is COc1ccc(C2C3=CCC4C(=O)N(Cc5ccccc5)C(=O)C4C3CC3(Cl)C(=O)N(c4c(F)c(F)c(F)c(F)c4F)C(=O)C23Cl)c(O)c1. The van der Waals surface area contributed by atoms with Gasteiger partial charge in [0, 0.05) is 17.5 Å². The second-order valence-electron chi connectivity index (χ2n) is 12.4. The third kappa shape index (κ3) is 4.33. The lowest BCUT2D eigenvalue weighted by molar-refractivity contribution is -0.141. The molecule has 0 aromatic heterocycles. The summed E-state index contributed by atoms with van der Waals surface area (Å²) in [7, 11) is 1.31. The first-order valence-electron chi connectivity index (χ1n) is 14.9. The van der Waals surface area contributed by atoms with Gasteiger partial charge < -0.3 is 9.84 Å². The van der Waals surface area contributed by atoms with Gasteiger partial charge >= 0.3 is 0 Å². The van der Waals surface area contributed by atoms with Gasteiger partial charge in [0.25, 0.3) is 11.8 Å². The van der Waals surface area contributed by atoms with Crippen LogP contribution >= 0.6 is 23.2 Å². The van der Waals surface area contributed by atoms with E-state index in [1.807, 2.05) is 0 Å². The number of alkyl halides is 2. The van der Waals surface area contributed by atoms with E-state index in [-0.39, 0.29) is 34.8 Å². The van der Waals surface area contributed by atoms with Crippen molar-refractivity contribution in [3.63, 3.8) is 0 Å². The van der Waals surface area contributed by atoms with Crippen molar-refractivity contribution in [2.24, 2.45) is 17.8 Å². The summed E-state index contributed by atoms with van der Waals surface area (Å²) < 4.78 is 78.3. The van der Waals surface area contributed by atoms with E-state index in [0.29, 0.717) is 5.56 Å². The third-order valence-corrected chi connectivity index (χ3v) is 11.5. The minimum absolute atomic E-state index is 0.0223. The summed E-state index contributed by atoms with van der Waals surface area (Å²) in [6.07, 6.45) is 0.884. The maximum atomic E-state index is 15.2. The molecule has 2 aliphatic carbocycles. The van der Waals surface area contributed by atoms with Crippen LogP contribution in [0.4, 0.5) is 27.6 Å². The van der Waals surface area contributed by atoms with Crippen LogP contribution in [0.2, 0.25) is 0 Å². The van der Waals surface area contributed by atoms with E-state index in [0.717, 1.165) is 11.0 Å². The van der Waals surface area contributed by atoms with Gasteiger partial charge in [0.05, 0.1) is 25.5 Å². The molecule has 49 heavy (non-hydrogen) atoms. The van der Waals surface area contributed by atoms with Gasteiger partial charge in [-0.3, -0.25) is 24.1 Å². The van der Waals surface area contributed by atoms with Crippen molar-refractivity contribution in [2.45, 2.75) is 35.1 Å². The number of benzene rings is 3. The number of allylic oxidation sites excluding steroid dienone is 2. The number of amides is 4. The largest absolute Gasteiger partial charge is 0.508 e. The zero-order valence-electron chi connectivity index (χ0n) is 25.2. The van der Waals surface area contributed by atoms with Crippen LogP contribution in [0.15, 0.2) is 60.2 Å². The number of ether oxygens (including phenoxy) is 1. The highest BCUT2D eigenvalue weighted by molar-refractivity contribution is 6.58. The number of halogens is 7. The number of phenols is 1. The van der Waals surface area contributed by atoms with Crippen LogP contribution in [-0.2, 0) is 25.7 Å². The molecule has 3 aromatic carbocycles. The highest BCUT2D eigenvalue weighted by Gasteiger charge is 2.77. The molecular formula is C34H23Cl2F5N2O6. The Labute approximate surface area is 284 Å². The van der Waals surface area contributed by atoms with Crippen LogP contribution in [0.1, 0.15) is 29.9 Å². The molecule has 15 heteroatoms. The summed E-state index contributed by atoms with van der Waals surface area (Å²) in [5.74, 6) is -21.8. The van der Waals surface area contributed by atoms with E-state index in [4.69, 9.17) is 27.9 Å². The predicted octanol–water partition coefficient (Wildman–Crippen LogP) is 5.86. The molecule has 7 rings (SSSR count). The minimum atomic E-state index is -2.75. The molecule has 3 aromatic rings. The van der Waals surface area contributed by atoms with E-state index in [2.05, 4.69) is 0 Å². The quantitative estimate of drug-likeness (QED) is 0.0885. The molecule has 3 fully saturated rings. The van der Waals surface area contributed by atoms with E-state index < -0.39 is 104 Å². The van der Waals surface area contributed by atoms with Crippen molar-refractivity contribution in [1.82, 2.24) is 4.90 Å². The Morgan fingerprint density at radius 2 is 1.49 bits per heavy atom. The Morgan fingerprint density at radius 1 is 0.857 bits per heavy atom. The topological polar surface area (TPSA) is 104 Å². The lowest BCUT2D eigenvalue weighted by atomic mass is 9.56. The van der Waals surface area contributed by atoms with Crippen LogP contribution in [0, 0.1) is 46.8 Å². The first-order valence-corrected chi connectivity index (χ1v) is 15.7.